The van der Waals surface area contributed by atoms with Gasteiger partial charge in [0.15, 0.2) is 5.76 Å². The van der Waals surface area contributed by atoms with Crippen molar-refractivity contribution in [2.75, 3.05) is 13.2 Å². The maximum absolute atomic E-state index is 11.9. The maximum Gasteiger partial charge on any atom is 0.287 e. The Morgan fingerprint density at radius 3 is 2.79 bits per heavy atom. The minimum absolute atomic E-state index is 0.0673. The molecular weight excluding hydrogens is 294 g/mol. The first-order chi connectivity index (χ1) is 8.88. The molecule has 0 aliphatic carbocycles. The fourth-order valence-electron chi connectivity index (χ4n) is 1.93. The summed E-state index contributed by atoms with van der Waals surface area (Å²) in [6, 6.07) is 1.05. The van der Waals surface area contributed by atoms with Gasteiger partial charge in [0.25, 0.3) is 15.0 Å². The third kappa shape index (κ3) is 3.49. The quantitative estimate of drug-likeness (QED) is 0.854. The summed E-state index contributed by atoms with van der Waals surface area (Å²) in [5.41, 5.74) is 0. The van der Waals surface area contributed by atoms with E-state index in [0.717, 1.165) is 18.9 Å². The van der Waals surface area contributed by atoms with E-state index < -0.39 is 15.0 Å². The van der Waals surface area contributed by atoms with Crippen LogP contribution in [0.2, 0.25) is 0 Å². The molecule has 0 saturated carbocycles. The molecule has 0 bridgehead atoms. The normalized spacial score (nSPS) is 20.2. The Morgan fingerprint density at radius 2 is 2.26 bits per heavy atom. The summed E-state index contributed by atoms with van der Waals surface area (Å²) < 4.78 is 32.8. The molecule has 1 aliphatic heterocycles. The number of aryl methyl sites for hydroxylation is 1. The van der Waals surface area contributed by atoms with Gasteiger partial charge < -0.3 is 14.5 Å². The lowest BCUT2D eigenvalue weighted by Gasteiger charge is -2.22. The second-order valence-electron chi connectivity index (χ2n) is 4.36. The molecule has 1 N–H and O–H groups in total. The summed E-state index contributed by atoms with van der Waals surface area (Å²) in [5.74, 6) is -0.437. The highest BCUT2D eigenvalue weighted by atomic mass is 35.7. The number of nitrogens with one attached hydrogen (secondary N) is 1. The van der Waals surface area contributed by atoms with Crippen LogP contribution >= 0.6 is 10.7 Å². The van der Waals surface area contributed by atoms with Crippen molar-refractivity contribution < 1.29 is 22.4 Å². The van der Waals surface area contributed by atoms with Gasteiger partial charge in [0.1, 0.15) is 10.7 Å². The van der Waals surface area contributed by atoms with E-state index in [9.17, 15) is 13.2 Å². The molecule has 1 aromatic heterocycles. The van der Waals surface area contributed by atoms with Gasteiger partial charge in [-0.25, -0.2) is 8.42 Å². The van der Waals surface area contributed by atoms with Crippen LogP contribution in [0.5, 0.6) is 0 Å². The van der Waals surface area contributed by atoms with E-state index in [2.05, 4.69) is 5.32 Å². The van der Waals surface area contributed by atoms with Crippen LogP contribution in [0.25, 0.3) is 0 Å². The fraction of sp³-hybridized carbons (Fsp3) is 0.545. The zero-order chi connectivity index (χ0) is 14.0. The lowest BCUT2D eigenvalue weighted by Crippen LogP contribution is -2.40. The topological polar surface area (TPSA) is 85.6 Å². The molecule has 2 rings (SSSR count). The van der Waals surface area contributed by atoms with E-state index in [1.807, 2.05) is 0 Å². The minimum atomic E-state index is -3.91. The number of carbonyl (C=O) groups excluding carboxylic acids is 1. The van der Waals surface area contributed by atoms with Crippen molar-refractivity contribution in [2.45, 2.75) is 30.7 Å². The highest BCUT2D eigenvalue weighted by molar-refractivity contribution is 8.13. The maximum atomic E-state index is 11.9. The Balaban J connectivity index is 2.11. The number of amides is 1. The average Bonchev–Trinajstić information content (AvgIpc) is 2.72. The fourth-order valence-corrected chi connectivity index (χ4v) is 3.02. The van der Waals surface area contributed by atoms with Crippen LogP contribution in [0, 0.1) is 6.92 Å². The van der Waals surface area contributed by atoms with Crippen molar-refractivity contribution in [3.63, 3.8) is 0 Å². The largest absolute Gasteiger partial charge is 0.455 e. The van der Waals surface area contributed by atoms with Crippen LogP contribution < -0.4 is 5.32 Å². The first-order valence-electron chi connectivity index (χ1n) is 5.81. The smallest absolute Gasteiger partial charge is 0.287 e. The lowest BCUT2D eigenvalue weighted by atomic mass is 10.1. The van der Waals surface area contributed by atoms with Gasteiger partial charge in [0.05, 0.1) is 12.6 Å². The van der Waals surface area contributed by atoms with Crippen molar-refractivity contribution in [1.29, 1.82) is 0 Å². The summed E-state index contributed by atoms with van der Waals surface area (Å²) in [7, 11) is 1.33. The van der Waals surface area contributed by atoms with Gasteiger partial charge >= 0.3 is 0 Å². The molecule has 0 spiro atoms. The second-order valence-corrected chi connectivity index (χ2v) is 6.89. The molecule has 1 fully saturated rings. The van der Waals surface area contributed by atoms with Crippen molar-refractivity contribution in [3.8, 4) is 0 Å². The van der Waals surface area contributed by atoms with Crippen LogP contribution in [0.1, 0.15) is 29.2 Å². The van der Waals surface area contributed by atoms with E-state index in [0.29, 0.717) is 13.2 Å². The minimum Gasteiger partial charge on any atom is -0.455 e. The van der Waals surface area contributed by atoms with Crippen molar-refractivity contribution >= 4 is 25.6 Å². The van der Waals surface area contributed by atoms with Gasteiger partial charge in [-0.2, -0.15) is 0 Å². The molecule has 19 heavy (non-hydrogen) atoms. The zero-order valence-electron chi connectivity index (χ0n) is 10.3. The van der Waals surface area contributed by atoms with Crippen LogP contribution in [-0.4, -0.2) is 33.6 Å². The Kier molecular flexibility index (Phi) is 4.17. The molecular formula is C11H14ClNO5S. The number of hydrogen-bond donors (Lipinski definition) is 1. The Morgan fingerprint density at radius 1 is 1.53 bits per heavy atom. The Labute approximate surface area is 115 Å². The molecule has 8 heteroatoms. The first-order valence-corrected chi connectivity index (χ1v) is 8.12. The Bertz CT molecular complexity index is 574. The van der Waals surface area contributed by atoms with Crippen molar-refractivity contribution in [1.82, 2.24) is 5.32 Å². The van der Waals surface area contributed by atoms with Crippen LogP contribution in [0.4, 0.5) is 0 Å². The summed E-state index contributed by atoms with van der Waals surface area (Å²) in [4.78, 5) is 11.7. The van der Waals surface area contributed by atoms with Gasteiger partial charge in [-0.15, -0.1) is 0 Å². The zero-order valence-corrected chi connectivity index (χ0v) is 11.9. The molecule has 0 radical (unpaired) electrons. The Hall–Kier alpha value is -1.05. The van der Waals surface area contributed by atoms with Gasteiger partial charge in [-0.3, -0.25) is 4.79 Å². The number of ether oxygens (including phenoxy) is 1. The monoisotopic (exact) mass is 307 g/mol. The number of furan rings is 1. The van der Waals surface area contributed by atoms with Crippen molar-refractivity contribution in [2.24, 2.45) is 0 Å². The summed E-state index contributed by atoms with van der Waals surface area (Å²) in [5, 5.41) is 2.73. The van der Waals surface area contributed by atoms with Gasteiger partial charge in [-0.1, -0.05) is 0 Å². The van der Waals surface area contributed by atoms with Crippen LogP contribution in [-0.2, 0) is 13.8 Å². The van der Waals surface area contributed by atoms with E-state index in [-0.39, 0.29) is 22.5 Å². The molecule has 6 nitrogen and oxygen atoms in total. The van der Waals surface area contributed by atoms with E-state index in [1.54, 1.807) is 0 Å². The average molecular weight is 308 g/mol. The summed E-state index contributed by atoms with van der Waals surface area (Å²) in [6.45, 7) is 2.59. The predicted octanol–water partition coefficient (Wildman–Crippen LogP) is 1.42. The van der Waals surface area contributed by atoms with Gasteiger partial charge in [0, 0.05) is 23.4 Å². The molecule has 1 aromatic rings. The first kappa shape index (κ1) is 14.4. The van der Waals surface area contributed by atoms with E-state index in [4.69, 9.17) is 19.8 Å². The van der Waals surface area contributed by atoms with Crippen LogP contribution in [0.3, 0.4) is 0 Å². The van der Waals surface area contributed by atoms with E-state index >= 15 is 0 Å². The molecule has 1 amide bonds. The molecule has 1 atom stereocenters. The third-order valence-electron chi connectivity index (χ3n) is 2.85. The van der Waals surface area contributed by atoms with Crippen LogP contribution in [0.15, 0.2) is 15.4 Å². The summed E-state index contributed by atoms with van der Waals surface area (Å²) in [6.07, 6.45) is 1.70. The number of rotatable bonds is 3. The standard InChI is InChI=1S/C11H14ClNO5S/c1-7-10(19(12,15)16)5-9(18-7)11(14)13-8-3-2-4-17-6-8/h5,8H,2-4,6H2,1H3,(H,13,14). The molecule has 1 unspecified atom stereocenters. The number of halogens is 1. The van der Waals surface area contributed by atoms with Crippen molar-refractivity contribution in [3.05, 3.63) is 17.6 Å². The highest BCUT2D eigenvalue weighted by Gasteiger charge is 2.24. The SMILES string of the molecule is Cc1oc(C(=O)NC2CCCOC2)cc1S(=O)(=O)Cl. The third-order valence-corrected chi connectivity index (χ3v) is 4.28. The molecule has 106 valence electrons. The molecule has 1 saturated heterocycles. The number of hydrogen-bond acceptors (Lipinski definition) is 5. The van der Waals surface area contributed by atoms with Gasteiger partial charge in [0.2, 0.25) is 0 Å². The molecule has 2 heterocycles. The predicted molar refractivity (Wildman–Crippen MR) is 67.8 cm³/mol. The van der Waals surface area contributed by atoms with Gasteiger partial charge in [-0.05, 0) is 19.8 Å². The highest BCUT2D eigenvalue weighted by Crippen LogP contribution is 2.23. The lowest BCUT2D eigenvalue weighted by molar-refractivity contribution is 0.0611. The summed E-state index contributed by atoms with van der Waals surface area (Å²) >= 11 is 0. The second kappa shape index (κ2) is 5.52. The molecule has 0 aromatic carbocycles. The number of carbonyl (C=O) groups is 1. The molecule has 1 aliphatic rings. The van der Waals surface area contributed by atoms with E-state index in [1.165, 1.54) is 6.92 Å².